The van der Waals surface area contributed by atoms with E-state index in [1.54, 1.807) is 5.92 Å². The van der Waals surface area contributed by atoms with E-state index in [0.29, 0.717) is 0 Å². The number of hydrogen-bond acceptors (Lipinski definition) is 5. The Morgan fingerprint density at radius 1 is 1.07 bits per heavy atom. The van der Waals surface area contributed by atoms with E-state index in [9.17, 15) is 36.6 Å². The fourth-order valence-corrected chi connectivity index (χ4v) is 2.68. The van der Waals surface area contributed by atoms with Crippen molar-refractivity contribution in [2.75, 3.05) is 6.61 Å². The lowest BCUT2D eigenvalue weighted by molar-refractivity contribution is -0.0459. The number of H-pyrrole nitrogens is 1. The van der Waals surface area contributed by atoms with Gasteiger partial charge in [-0.05, 0) is 0 Å². The Bertz CT molecular complexity index is 1120. The molecule has 3 N–H and O–H groups in total. The first kappa shape index (κ1) is 20.7. The van der Waals surface area contributed by atoms with E-state index >= 15 is 0 Å². The predicted molar refractivity (Wildman–Crippen MR) is 85.2 cm³/mol. The summed E-state index contributed by atoms with van der Waals surface area (Å²) in [5.41, 5.74) is -4.04. The van der Waals surface area contributed by atoms with Crippen LogP contribution in [0.2, 0.25) is 0 Å². The number of rotatable bonds is 2. The second-order valence-electron chi connectivity index (χ2n) is 6.02. The van der Waals surface area contributed by atoms with E-state index in [0.717, 1.165) is 10.8 Å². The molecule has 0 bridgehead atoms. The highest BCUT2D eigenvalue weighted by molar-refractivity contribution is 5.43. The zero-order chi connectivity index (χ0) is 21.5. The van der Waals surface area contributed by atoms with Gasteiger partial charge in [0.15, 0.2) is 23.3 Å². The Hall–Kier alpha value is -3.01. The molecule has 3 rings (SSSR count). The van der Waals surface area contributed by atoms with Crippen LogP contribution < -0.4 is 11.2 Å². The lowest BCUT2D eigenvalue weighted by Gasteiger charge is -2.14. The third kappa shape index (κ3) is 3.67. The van der Waals surface area contributed by atoms with Gasteiger partial charge in [0.25, 0.3) is 5.56 Å². The first-order valence-electron chi connectivity index (χ1n) is 7.99. The van der Waals surface area contributed by atoms with Crippen molar-refractivity contribution >= 4 is 0 Å². The Kier molecular flexibility index (Phi) is 5.56. The van der Waals surface area contributed by atoms with Gasteiger partial charge in [-0.1, -0.05) is 11.8 Å². The molecule has 3 atom stereocenters. The molecule has 1 aliphatic rings. The minimum absolute atomic E-state index is 0.123. The van der Waals surface area contributed by atoms with Crippen LogP contribution in [-0.4, -0.2) is 38.6 Å². The number of nitrogens with one attached hydrogen (secondary N) is 1. The Morgan fingerprint density at radius 3 is 2.21 bits per heavy atom. The highest BCUT2D eigenvalue weighted by Gasteiger charge is 2.35. The van der Waals surface area contributed by atoms with Crippen LogP contribution >= 0.6 is 0 Å². The molecule has 0 spiro atoms. The van der Waals surface area contributed by atoms with Crippen LogP contribution in [0.4, 0.5) is 22.0 Å². The maximum Gasteiger partial charge on any atom is 0.330 e. The van der Waals surface area contributed by atoms with Crippen molar-refractivity contribution in [1.29, 1.82) is 0 Å². The largest absolute Gasteiger partial charge is 0.394 e. The van der Waals surface area contributed by atoms with Crippen LogP contribution in [0, 0.1) is 40.9 Å². The van der Waals surface area contributed by atoms with Crippen molar-refractivity contribution in [3.8, 4) is 11.8 Å². The summed E-state index contributed by atoms with van der Waals surface area (Å²) in [5.74, 6) is -7.44. The average Bonchev–Trinajstić information content (AvgIpc) is 3.06. The molecule has 0 amide bonds. The molecule has 7 nitrogen and oxygen atoms in total. The predicted octanol–water partition coefficient (Wildman–Crippen LogP) is 0.273. The molecule has 0 saturated carbocycles. The lowest BCUT2D eigenvalue weighted by atomic mass is 10.1. The van der Waals surface area contributed by atoms with Crippen LogP contribution in [0.1, 0.15) is 23.8 Å². The van der Waals surface area contributed by atoms with E-state index in [1.165, 1.54) is 0 Å². The molecular weight excluding hydrogens is 407 g/mol. The number of nitrogens with zero attached hydrogens (tertiary/aromatic N) is 1. The fraction of sp³-hybridized carbons (Fsp3) is 0.294. The molecule has 29 heavy (non-hydrogen) atoms. The van der Waals surface area contributed by atoms with Crippen LogP contribution in [0.5, 0.6) is 0 Å². The number of hydrogen-bond donors (Lipinski definition) is 3. The van der Waals surface area contributed by atoms with Crippen LogP contribution in [0.15, 0.2) is 15.8 Å². The molecule has 0 unspecified atom stereocenters. The summed E-state index contributed by atoms with van der Waals surface area (Å²) in [4.78, 5) is 25.7. The van der Waals surface area contributed by atoms with Gasteiger partial charge in [0, 0.05) is 12.6 Å². The van der Waals surface area contributed by atoms with Crippen LogP contribution in [0.25, 0.3) is 0 Å². The summed E-state index contributed by atoms with van der Waals surface area (Å²) in [6.07, 6.45) is -2.46. The van der Waals surface area contributed by atoms with Crippen molar-refractivity contribution < 1.29 is 36.9 Å². The van der Waals surface area contributed by atoms with Gasteiger partial charge in [-0.3, -0.25) is 14.3 Å². The van der Waals surface area contributed by atoms with E-state index in [-0.39, 0.29) is 6.42 Å². The quantitative estimate of drug-likeness (QED) is 0.281. The minimum Gasteiger partial charge on any atom is -0.394 e. The lowest BCUT2D eigenvalue weighted by Crippen LogP contribution is -2.33. The molecule has 1 fully saturated rings. The average molecular weight is 418 g/mol. The van der Waals surface area contributed by atoms with Crippen molar-refractivity contribution in [3.63, 3.8) is 0 Å². The molecule has 1 aliphatic heterocycles. The van der Waals surface area contributed by atoms with E-state index in [2.05, 4.69) is 0 Å². The monoisotopic (exact) mass is 418 g/mol. The number of benzene rings is 1. The summed E-state index contributed by atoms with van der Waals surface area (Å²) in [5, 5.41) is 18.8. The topological polar surface area (TPSA) is 105 Å². The minimum atomic E-state index is -2.35. The van der Waals surface area contributed by atoms with E-state index in [4.69, 9.17) is 9.84 Å². The number of ether oxygens (including phenoxy) is 1. The van der Waals surface area contributed by atoms with Gasteiger partial charge in [0.1, 0.15) is 23.5 Å². The zero-order valence-corrected chi connectivity index (χ0v) is 14.2. The summed E-state index contributed by atoms with van der Waals surface area (Å²) in [7, 11) is 0. The molecule has 1 saturated heterocycles. The van der Waals surface area contributed by atoms with Gasteiger partial charge < -0.3 is 14.9 Å². The Labute approximate surface area is 158 Å². The van der Waals surface area contributed by atoms with E-state index < -0.39 is 76.5 Å². The summed E-state index contributed by atoms with van der Waals surface area (Å²) in [6, 6.07) is 0. The first-order valence-corrected chi connectivity index (χ1v) is 7.99. The summed E-state index contributed by atoms with van der Waals surface area (Å²) >= 11 is 0. The molecule has 1 aromatic heterocycles. The normalized spacial score (nSPS) is 21.1. The summed E-state index contributed by atoms with van der Waals surface area (Å²) < 4.78 is 73.0. The van der Waals surface area contributed by atoms with Crippen LogP contribution in [0.3, 0.4) is 0 Å². The number of halogens is 5. The maximum absolute atomic E-state index is 13.7. The Morgan fingerprint density at radius 2 is 1.66 bits per heavy atom. The third-order valence-electron chi connectivity index (χ3n) is 4.19. The van der Waals surface area contributed by atoms with Crippen molar-refractivity contribution in [3.05, 3.63) is 67.2 Å². The standard InChI is InChI=1S/C17H11F5N2O5/c18-11-7(12(19)14(21)15(22)13(11)20)2-1-6-4-24(17(28)23-16(6)27)10-3-8(26)9(5-25)29-10/h4,8-10,25-26H,3,5H2,(H,23,27,28)/t8-,9-,10+/m0/s1. The van der Waals surface area contributed by atoms with Gasteiger partial charge in [-0.25, -0.2) is 26.7 Å². The third-order valence-corrected chi connectivity index (χ3v) is 4.19. The number of aromatic nitrogens is 2. The molecule has 1 aromatic carbocycles. The maximum atomic E-state index is 13.7. The van der Waals surface area contributed by atoms with Gasteiger partial charge in [-0.2, -0.15) is 0 Å². The summed E-state index contributed by atoms with van der Waals surface area (Å²) in [6.45, 7) is -0.539. The van der Waals surface area contributed by atoms with Gasteiger partial charge in [0.2, 0.25) is 5.82 Å². The number of aromatic amines is 1. The smallest absolute Gasteiger partial charge is 0.330 e. The molecule has 0 radical (unpaired) electrons. The van der Waals surface area contributed by atoms with Crippen molar-refractivity contribution in [2.45, 2.75) is 24.9 Å². The second kappa shape index (κ2) is 7.78. The van der Waals surface area contributed by atoms with Crippen molar-refractivity contribution in [1.82, 2.24) is 9.55 Å². The molecule has 154 valence electrons. The zero-order valence-electron chi connectivity index (χ0n) is 14.2. The number of aliphatic hydroxyl groups is 2. The molecular formula is C17H11F5N2O5. The van der Waals surface area contributed by atoms with E-state index in [1.807, 2.05) is 10.9 Å². The molecule has 2 aromatic rings. The number of aliphatic hydroxyl groups excluding tert-OH is 2. The highest BCUT2D eigenvalue weighted by Crippen LogP contribution is 2.27. The molecule has 12 heteroatoms. The second-order valence-corrected chi connectivity index (χ2v) is 6.02. The Balaban J connectivity index is 2.06. The molecule has 2 heterocycles. The van der Waals surface area contributed by atoms with Gasteiger partial charge >= 0.3 is 5.69 Å². The first-order chi connectivity index (χ1) is 13.6. The van der Waals surface area contributed by atoms with Gasteiger partial charge in [0.05, 0.1) is 12.7 Å². The van der Waals surface area contributed by atoms with Gasteiger partial charge in [-0.15, -0.1) is 0 Å². The van der Waals surface area contributed by atoms with Crippen molar-refractivity contribution in [2.24, 2.45) is 0 Å². The molecule has 0 aliphatic carbocycles. The fourth-order valence-electron chi connectivity index (χ4n) is 2.68. The SMILES string of the molecule is O=c1[nH]c(=O)n([C@H]2C[C@H](O)[C@H](CO)O2)cc1C#Cc1c(F)c(F)c(F)c(F)c1F. The highest BCUT2D eigenvalue weighted by atomic mass is 19.2. The van der Waals surface area contributed by atoms with Crippen LogP contribution in [-0.2, 0) is 4.74 Å².